The molecule has 2 heterocycles. The van der Waals surface area contributed by atoms with Crippen LogP contribution in [0.3, 0.4) is 0 Å². The minimum atomic E-state index is -1.03. The highest BCUT2D eigenvalue weighted by molar-refractivity contribution is 5.84. The fourth-order valence-electron chi connectivity index (χ4n) is 2.37. The minimum Gasteiger partial charge on any atom is -0.394 e. The van der Waals surface area contributed by atoms with Gasteiger partial charge in [-0.15, -0.1) is 0 Å². The van der Waals surface area contributed by atoms with E-state index in [0.29, 0.717) is 5.69 Å². The summed E-state index contributed by atoms with van der Waals surface area (Å²) in [6.07, 6.45) is 4.77. The Morgan fingerprint density at radius 3 is 2.41 bits per heavy atom. The Kier molecular flexibility index (Phi) is 5.34. The zero-order valence-electron chi connectivity index (χ0n) is 14.6. The van der Waals surface area contributed by atoms with Gasteiger partial charge in [0.15, 0.2) is 0 Å². The second-order valence-corrected chi connectivity index (χ2v) is 5.78. The van der Waals surface area contributed by atoms with Crippen LogP contribution in [0.4, 0.5) is 4.79 Å². The Morgan fingerprint density at radius 1 is 1.15 bits per heavy atom. The van der Waals surface area contributed by atoms with Crippen LogP contribution in [0.15, 0.2) is 61.2 Å². The van der Waals surface area contributed by atoms with Crippen molar-refractivity contribution in [1.82, 2.24) is 19.6 Å². The predicted octanol–water partition coefficient (Wildman–Crippen LogP) is 1.09. The Bertz CT molecular complexity index is 876. The van der Waals surface area contributed by atoms with Gasteiger partial charge in [0.25, 0.3) is 0 Å². The summed E-state index contributed by atoms with van der Waals surface area (Å²) < 4.78 is 6.97. The zero-order chi connectivity index (χ0) is 19.4. The number of hydrogen-bond acceptors (Lipinski definition) is 6. The van der Waals surface area contributed by atoms with Crippen LogP contribution in [-0.4, -0.2) is 49.3 Å². The summed E-state index contributed by atoms with van der Waals surface area (Å²) in [6, 6.07) is 9.91. The fourth-order valence-corrected chi connectivity index (χ4v) is 2.37. The molecule has 1 aromatic carbocycles. The van der Waals surface area contributed by atoms with Gasteiger partial charge >= 0.3 is 6.09 Å². The Balaban J connectivity index is 1.71. The first-order valence-corrected chi connectivity index (χ1v) is 8.17. The van der Waals surface area contributed by atoms with Gasteiger partial charge in [-0.3, -0.25) is 14.6 Å². The molecule has 1 atom stereocenters. The summed E-state index contributed by atoms with van der Waals surface area (Å²) in [5, 5.41) is 13.3. The lowest BCUT2D eigenvalue weighted by molar-refractivity contribution is -0.128. The molecule has 27 heavy (non-hydrogen) atoms. The van der Waals surface area contributed by atoms with Crippen LogP contribution in [0.2, 0.25) is 0 Å². The number of ether oxygens (including phenoxy) is 1. The number of nitrogens with zero attached hydrogens (tertiary/aromatic N) is 4. The van der Waals surface area contributed by atoms with E-state index in [-0.39, 0.29) is 5.88 Å². The minimum absolute atomic E-state index is 0.270. The van der Waals surface area contributed by atoms with Crippen molar-refractivity contribution < 1.29 is 19.4 Å². The van der Waals surface area contributed by atoms with E-state index in [4.69, 9.17) is 15.6 Å². The Hall–Kier alpha value is -3.43. The maximum atomic E-state index is 12.4. The zero-order valence-corrected chi connectivity index (χ0v) is 14.6. The van der Waals surface area contributed by atoms with Gasteiger partial charge in [0.1, 0.15) is 6.04 Å². The lowest BCUT2D eigenvalue weighted by Gasteiger charge is -2.23. The molecule has 3 N–H and O–H groups in total. The number of benzene rings is 1. The summed E-state index contributed by atoms with van der Waals surface area (Å²) in [4.78, 5) is 26.7. The summed E-state index contributed by atoms with van der Waals surface area (Å²) in [7, 11) is 0. The Labute approximate surface area is 155 Å². The average Bonchev–Trinajstić information content (AvgIpc) is 3.07. The van der Waals surface area contributed by atoms with E-state index in [9.17, 15) is 9.59 Å². The number of para-hydroxylation sites is 1. The number of aromatic nitrogens is 2. The third-order valence-corrected chi connectivity index (χ3v) is 3.75. The molecule has 2 amide bonds. The number of aliphatic hydroxyl groups is 1. The summed E-state index contributed by atoms with van der Waals surface area (Å²) in [6.45, 7) is 1.33. The number of hydrogen-bond donors (Lipinski definition) is 2. The third-order valence-electron chi connectivity index (χ3n) is 3.75. The van der Waals surface area contributed by atoms with Crippen molar-refractivity contribution in [2.45, 2.75) is 13.0 Å². The van der Waals surface area contributed by atoms with Crippen molar-refractivity contribution >= 4 is 12.0 Å². The van der Waals surface area contributed by atoms with Crippen molar-refractivity contribution in [1.29, 1.82) is 0 Å². The molecule has 0 fully saturated rings. The SMILES string of the molecule is Cc1cc(OC(=O)N2C=CN(C(=O)C(N)CO)C=C2)n(-c2ccccc2)n1. The van der Waals surface area contributed by atoms with E-state index >= 15 is 0 Å². The molecule has 9 heteroatoms. The van der Waals surface area contributed by atoms with Crippen LogP contribution in [0, 0.1) is 6.92 Å². The van der Waals surface area contributed by atoms with Crippen LogP contribution in [-0.2, 0) is 4.79 Å². The van der Waals surface area contributed by atoms with Gasteiger partial charge in [-0.1, -0.05) is 18.2 Å². The number of aliphatic hydroxyl groups excluding tert-OH is 1. The molecule has 9 nitrogen and oxygen atoms in total. The summed E-state index contributed by atoms with van der Waals surface area (Å²) in [5.74, 6) is -0.220. The van der Waals surface area contributed by atoms with E-state index < -0.39 is 24.6 Å². The molecule has 0 saturated carbocycles. The number of amides is 2. The first kappa shape index (κ1) is 18.4. The van der Waals surface area contributed by atoms with Gasteiger partial charge < -0.3 is 15.6 Å². The molecule has 2 aromatic rings. The first-order chi connectivity index (χ1) is 13.0. The fraction of sp³-hybridized carbons (Fsp3) is 0.167. The highest BCUT2D eigenvalue weighted by Crippen LogP contribution is 2.20. The summed E-state index contributed by atoms with van der Waals surface area (Å²) >= 11 is 0. The molecule has 3 rings (SSSR count). The largest absolute Gasteiger partial charge is 0.424 e. The number of carbonyl (C=O) groups is 2. The number of rotatable bonds is 4. The van der Waals surface area contributed by atoms with E-state index in [1.807, 2.05) is 30.3 Å². The van der Waals surface area contributed by atoms with Crippen molar-refractivity contribution in [3.8, 4) is 11.6 Å². The maximum Gasteiger partial charge on any atom is 0.424 e. The van der Waals surface area contributed by atoms with E-state index in [1.165, 1.54) is 39.3 Å². The molecule has 1 aliphatic heterocycles. The molecule has 0 spiro atoms. The molecule has 0 saturated heterocycles. The maximum absolute atomic E-state index is 12.4. The molecule has 0 aliphatic carbocycles. The van der Waals surface area contributed by atoms with Gasteiger partial charge in [0.05, 0.1) is 18.0 Å². The van der Waals surface area contributed by atoms with Gasteiger partial charge in [0.2, 0.25) is 11.8 Å². The van der Waals surface area contributed by atoms with Crippen LogP contribution in [0.1, 0.15) is 5.69 Å². The second-order valence-electron chi connectivity index (χ2n) is 5.78. The highest BCUT2D eigenvalue weighted by atomic mass is 16.6. The lowest BCUT2D eigenvalue weighted by Crippen LogP contribution is -2.42. The van der Waals surface area contributed by atoms with Crippen molar-refractivity contribution in [2.75, 3.05) is 6.61 Å². The standard InChI is InChI=1S/C18H19N5O4/c1-13-11-16(23(20-13)14-5-3-2-4-6-14)27-18(26)22-9-7-21(8-10-22)17(25)15(19)12-24/h2-11,15,24H,12,19H2,1H3. The monoisotopic (exact) mass is 369 g/mol. The van der Waals surface area contributed by atoms with Crippen LogP contribution >= 0.6 is 0 Å². The predicted molar refractivity (Wildman–Crippen MR) is 96.4 cm³/mol. The summed E-state index contributed by atoms with van der Waals surface area (Å²) in [5.41, 5.74) is 6.95. The number of aryl methyl sites for hydroxylation is 1. The third kappa shape index (κ3) is 4.05. The molecule has 1 aromatic heterocycles. The quantitative estimate of drug-likeness (QED) is 0.834. The lowest BCUT2D eigenvalue weighted by atomic mass is 10.3. The van der Waals surface area contributed by atoms with E-state index in [1.54, 1.807) is 13.0 Å². The van der Waals surface area contributed by atoms with Gasteiger partial charge in [-0.25, -0.2) is 9.48 Å². The van der Waals surface area contributed by atoms with Crippen LogP contribution in [0.25, 0.3) is 5.69 Å². The molecule has 1 unspecified atom stereocenters. The van der Waals surface area contributed by atoms with Gasteiger partial charge in [-0.05, 0) is 19.1 Å². The van der Waals surface area contributed by atoms with Crippen molar-refractivity contribution in [3.63, 3.8) is 0 Å². The molecular weight excluding hydrogens is 350 g/mol. The van der Waals surface area contributed by atoms with Crippen LogP contribution < -0.4 is 10.5 Å². The van der Waals surface area contributed by atoms with Crippen molar-refractivity contribution in [2.24, 2.45) is 5.73 Å². The van der Waals surface area contributed by atoms with Gasteiger partial charge in [0, 0.05) is 30.9 Å². The number of nitrogens with two attached hydrogens (primary N) is 1. The average molecular weight is 369 g/mol. The number of carbonyl (C=O) groups excluding carboxylic acids is 2. The van der Waals surface area contributed by atoms with Crippen molar-refractivity contribution in [3.05, 3.63) is 66.9 Å². The molecular formula is C18H19N5O4. The highest BCUT2D eigenvalue weighted by Gasteiger charge is 2.22. The molecule has 0 bridgehead atoms. The first-order valence-electron chi connectivity index (χ1n) is 8.17. The smallest absolute Gasteiger partial charge is 0.394 e. The van der Waals surface area contributed by atoms with Crippen LogP contribution in [0.5, 0.6) is 5.88 Å². The molecule has 140 valence electrons. The Morgan fingerprint density at radius 2 is 1.78 bits per heavy atom. The normalized spacial score (nSPS) is 14.3. The molecule has 1 aliphatic rings. The van der Waals surface area contributed by atoms with Gasteiger partial charge in [-0.2, -0.15) is 5.10 Å². The van der Waals surface area contributed by atoms with E-state index in [0.717, 1.165) is 5.69 Å². The topological polar surface area (TPSA) is 114 Å². The van der Waals surface area contributed by atoms with E-state index in [2.05, 4.69) is 5.10 Å². The second kappa shape index (κ2) is 7.85. The molecule has 0 radical (unpaired) electrons.